The second-order valence-corrected chi connectivity index (χ2v) is 8.28. The third kappa shape index (κ3) is 2.73. The average molecular weight is 374 g/mol. The molecular weight excluding hydrogens is 346 g/mol. The second kappa shape index (κ2) is 6.74. The number of nitrogens with one attached hydrogen (secondary N) is 2. The minimum atomic E-state index is 0.425. The molecule has 0 amide bonds. The number of aromatic amines is 1. The third-order valence-electron chi connectivity index (χ3n) is 6.16. The number of pyridine rings is 1. The Balaban J connectivity index is 1.70. The van der Waals surface area contributed by atoms with Crippen LogP contribution in [0.5, 0.6) is 0 Å². The third-order valence-corrected chi connectivity index (χ3v) is 6.16. The van der Waals surface area contributed by atoms with E-state index in [2.05, 4.69) is 65.4 Å². The molecule has 5 rings (SSSR count). The van der Waals surface area contributed by atoms with E-state index in [9.17, 15) is 0 Å². The van der Waals surface area contributed by atoms with Gasteiger partial charge in [0.15, 0.2) is 5.65 Å². The Morgan fingerprint density at radius 1 is 1.18 bits per heavy atom. The van der Waals surface area contributed by atoms with Gasteiger partial charge in [0, 0.05) is 23.0 Å². The number of H-pyrrole nitrogens is 1. The number of aromatic nitrogens is 4. The number of fused-ring (bicyclic) bond motifs is 2. The Hall–Kier alpha value is -2.66. The van der Waals surface area contributed by atoms with Crippen molar-refractivity contribution in [3.05, 3.63) is 53.5 Å². The summed E-state index contributed by atoms with van der Waals surface area (Å²) in [5.74, 6) is 1.04. The summed E-state index contributed by atoms with van der Waals surface area (Å²) in [7, 11) is 0. The lowest BCUT2D eigenvalue weighted by Crippen LogP contribution is -2.28. The topological polar surface area (TPSA) is 58.0 Å². The van der Waals surface area contributed by atoms with Gasteiger partial charge in [0.1, 0.15) is 6.33 Å². The van der Waals surface area contributed by atoms with E-state index in [4.69, 9.17) is 0 Å². The van der Waals surface area contributed by atoms with Crippen molar-refractivity contribution in [1.29, 1.82) is 0 Å². The van der Waals surface area contributed by atoms with Gasteiger partial charge in [-0.05, 0) is 73.5 Å². The highest BCUT2D eigenvalue weighted by Crippen LogP contribution is 2.38. The zero-order valence-electron chi connectivity index (χ0n) is 16.8. The van der Waals surface area contributed by atoms with Crippen LogP contribution in [-0.4, -0.2) is 32.7 Å². The first-order valence-electron chi connectivity index (χ1n) is 10.3. The van der Waals surface area contributed by atoms with Crippen LogP contribution in [0.2, 0.25) is 0 Å². The molecule has 5 nitrogen and oxygen atoms in total. The molecule has 3 aromatic heterocycles. The van der Waals surface area contributed by atoms with Gasteiger partial charge in [0.25, 0.3) is 0 Å². The quantitative estimate of drug-likeness (QED) is 0.543. The summed E-state index contributed by atoms with van der Waals surface area (Å²) in [5, 5.41) is 9.29. The first-order chi connectivity index (χ1) is 13.6. The summed E-state index contributed by atoms with van der Waals surface area (Å²) in [6, 6.07) is 11.2. The normalized spacial score (nSPS) is 17.8. The summed E-state index contributed by atoms with van der Waals surface area (Å²) >= 11 is 0. The number of piperidine rings is 1. The molecule has 0 aliphatic carbocycles. The lowest BCUT2D eigenvalue weighted by atomic mass is 9.89. The van der Waals surface area contributed by atoms with Crippen LogP contribution in [-0.2, 0) is 0 Å². The number of aryl methyl sites for hydroxylation is 1. The fourth-order valence-corrected chi connectivity index (χ4v) is 4.71. The number of rotatable bonds is 3. The van der Waals surface area contributed by atoms with E-state index in [0.29, 0.717) is 11.8 Å². The smallest absolute Gasteiger partial charge is 0.155 e. The van der Waals surface area contributed by atoms with Gasteiger partial charge in [-0.2, -0.15) is 5.10 Å². The number of hydrogen-bond donors (Lipinski definition) is 2. The number of nitrogens with zero attached hydrogens (tertiary/aromatic N) is 3. The van der Waals surface area contributed by atoms with Gasteiger partial charge in [0.05, 0.1) is 11.4 Å². The Bertz CT molecular complexity index is 1140. The van der Waals surface area contributed by atoms with Crippen molar-refractivity contribution in [3.63, 3.8) is 0 Å². The summed E-state index contributed by atoms with van der Waals surface area (Å²) < 4.78 is 1.92. The van der Waals surface area contributed by atoms with Crippen LogP contribution in [0.25, 0.3) is 27.8 Å². The molecule has 0 bridgehead atoms. The lowest BCUT2D eigenvalue weighted by Gasteiger charge is -2.23. The van der Waals surface area contributed by atoms with Crippen molar-refractivity contribution in [1.82, 2.24) is 24.9 Å². The van der Waals surface area contributed by atoms with Crippen LogP contribution in [0.1, 0.15) is 55.3 Å². The lowest BCUT2D eigenvalue weighted by molar-refractivity contribution is 0.462. The van der Waals surface area contributed by atoms with Gasteiger partial charge in [-0.15, -0.1) is 0 Å². The molecule has 1 saturated heterocycles. The maximum absolute atomic E-state index is 4.39. The minimum Gasteiger partial charge on any atom is -0.354 e. The predicted octanol–water partition coefficient (Wildman–Crippen LogP) is 4.78. The highest BCUT2D eigenvalue weighted by Gasteiger charge is 2.21. The van der Waals surface area contributed by atoms with Crippen molar-refractivity contribution in [2.24, 2.45) is 0 Å². The molecule has 4 aromatic rings. The summed E-state index contributed by atoms with van der Waals surface area (Å²) in [6.45, 7) is 8.91. The molecule has 4 heterocycles. The minimum absolute atomic E-state index is 0.425. The number of benzene rings is 1. The van der Waals surface area contributed by atoms with Crippen molar-refractivity contribution in [2.45, 2.75) is 45.4 Å². The van der Waals surface area contributed by atoms with E-state index < -0.39 is 0 Å². The van der Waals surface area contributed by atoms with Crippen LogP contribution in [0.3, 0.4) is 0 Å². The van der Waals surface area contributed by atoms with Crippen molar-refractivity contribution < 1.29 is 0 Å². The van der Waals surface area contributed by atoms with Gasteiger partial charge in [0.2, 0.25) is 0 Å². The van der Waals surface area contributed by atoms with Gasteiger partial charge >= 0.3 is 0 Å². The highest BCUT2D eigenvalue weighted by molar-refractivity contribution is 5.92. The summed E-state index contributed by atoms with van der Waals surface area (Å²) in [6.07, 6.45) is 4.15. The van der Waals surface area contributed by atoms with Crippen LogP contribution >= 0.6 is 0 Å². The van der Waals surface area contributed by atoms with Crippen molar-refractivity contribution in [3.8, 4) is 11.3 Å². The molecule has 0 spiro atoms. The molecule has 1 atom stereocenters. The molecule has 1 aliphatic rings. The first-order valence-corrected chi connectivity index (χ1v) is 10.3. The molecule has 1 aromatic carbocycles. The Kier molecular flexibility index (Phi) is 4.20. The molecule has 2 N–H and O–H groups in total. The van der Waals surface area contributed by atoms with Gasteiger partial charge in [-0.3, -0.25) is 0 Å². The van der Waals surface area contributed by atoms with E-state index in [1.165, 1.54) is 46.1 Å². The molecule has 0 radical (unpaired) electrons. The van der Waals surface area contributed by atoms with Gasteiger partial charge in [-0.25, -0.2) is 9.50 Å². The van der Waals surface area contributed by atoms with Gasteiger partial charge < -0.3 is 10.3 Å². The Morgan fingerprint density at radius 2 is 2.07 bits per heavy atom. The molecule has 1 fully saturated rings. The molecule has 28 heavy (non-hydrogen) atoms. The van der Waals surface area contributed by atoms with E-state index in [0.717, 1.165) is 24.4 Å². The first kappa shape index (κ1) is 17.4. The number of hydrogen-bond acceptors (Lipinski definition) is 3. The predicted molar refractivity (Wildman–Crippen MR) is 114 cm³/mol. The van der Waals surface area contributed by atoms with Crippen molar-refractivity contribution >= 4 is 16.6 Å². The second-order valence-electron chi connectivity index (χ2n) is 8.28. The molecule has 5 heteroatoms. The van der Waals surface area contributed by atoms with Gasteiger partial charge in [-0.1, -0.05) is 19.9 Å². The standard InChI is InChI=1S/C23H27N5/c1-14(2)22-19-11-16(17-5-4-10-24-12-17)6-8-20(19)27-23(22)18-7-9-21-25-13-26-28(21)15(18)3/h6-9,11,13-14,17,24,27H,4-5,10,12H2,1-3H3. The van der Waals surface area contributed by atoms with Crippen LogP contribution < -0.4 is 5.32 Å². The average Bonchev–Trinajstić information content (AvgIpc) is 3.33. The maximum Gasteiger partial charge on any atom is 0.155 e. The summed E-state index contributed by atoms with van der Waals surface area (Å²) in [4.78, 5) is 8.03. The van der Waals surface area contributed by atoms with Crippen LogP contribution in [0, 0.1) is 6.92 Å². The van der Waals surface area contributed by atoms with E-state index in [1.54, 1.807) is 6.33 Å². The maximum atomic E-state index is 4.39. The highest BCUT2D eigenvalue weighted by atomic mass is 15.3. The molecule has 0 saturated carbocycles. The molecular formula is C23H27N5. The SMILES string of the molecule is Cc1c(-c2[nH]c3ccc(C4CCCNC4)cc3c2C(C)C)ccc2ncnn12. The Labute approximate surface area is 165 Å². The molecule has 144 valence electrons. The fraction of sp³-hybridized carbons (Fsp3) is 0.391. The zero-order chi connectivity index (χ0) is 19.3. The Morgan fingerprint density at radius 3 is 2.86 bits per heavy atom. The largest absolute Gasteiger partial charge is 0.354 e. The molecule has 1 aliphatic heterocycles. The van der Waals surface area contributed by atoms with Crippen molar-refractivity contribution in [2.75, 3.05) is 13.1 Å². The summed E-state index contributed by atoms with van der Waals surface area (Å²) in [5.41, 5.74) is 8.45. The monoisotopic (exact) mass is 373 g/mol. The van der Waals surface area contributed by atoms with E-state index >= 15 is 0 Å². The van der Waals surface area contributed by atoms with E-state index in [1.807, 2.05) is 10.6 Å². The van der Waals surface area contributed by atoms with Crippen LogP contribution in [0.4, 0.5) is 0 Å². The van der Waals surface area contributed by atoms with E-state index in [-0.39, 0.29) is 0 Å². The fourth-order valence-electron chi connectivity index (χ4n) is 4.71. The van der Waals surface area contributed by atoms with Crippen LogP contribution in [0.15, 0.2) is 36.7 Å². The zero-order valence-corrected chi connectivity index (χ0v) is 16.8. The molecule has 1 unspecified atom stereocenters.